The van der Waals surface area contributed by atoms with Gasteiger partial charge in [0.1, 0.15) is 0 Å². The van der Waals surface area contributed by atoms with E-state index in [2.05, 4.69) is 5.32 Å². The molecule has 0 aliphatic heterocycles. The number of carbonyl (C=O) groups is 2. The molecule has 0 aromatic heterocycles. The minimum atomic E-state index is -0.984. The predicted octanol–water partition coefficient (Wildman–Crippen LogP) is 2.66. The van der Waals surface area contributed by atoms with Gasteiger partial charge in [0.15, 0.2) is 0 Å². The Morgan fingerprint density at radius 3 is 2.40 bits per heavy atom. The standard InChI is InChI=1S/C19H30N2O4/c1-4-12-21(14-19(2,3)25)18(24)20-16(10-11-17(22)23)13-15-8-6-5-7-9-15/h5-9,16,25H,4,10-14H2,1-3H3,(H,20,24)(H,22,23). The van der Waals surface area contributed by atoms with Gasteiger partial charge in [0, 0.05) is 19.0 Å². The maximum Gasteiger partial charge on any atom is 0.317 e. The summed E-state index contributed by atoms with van der Waals surface area (Å²) < 4.78 is 0. The maximum atomic E-state index is 12.6. The summed E-state index contributed by atoms with van der Waals surface area (Å²) in [4.78, 5) is 25.1. The van der Waals surface area contributed by atoms with E-state index in [1.807, 2.05) is 37.3 Å². The lowest BCUT2D eigenvalue weighted by Gasteiger charge is -2.31. The number of hydrogen-bond donors (Lipinski definition) is 3. The molecule has 6 heteroatoms. The van der Waals surface area contributed by atoms with Crippen molar-refractivity contribution < 1.29 is 19.8 Å². The van der Waals surface area contributed by atoms with Crippen LogP contribution in [0.25, 0.3) is 0 Å². The van der Waals surface area contributed by atoms with Crippen molar-refractivity contribution in [3.63, 3.8) is 0 Å². The van der Waals surface area contributed by atoms with Gasteiger partial charge in [-0.1, -0.05) is 37.3 Å². The van der Waals surface area contributed by atoms with Crippen molar-refractivity contribution in [2.45, 2.75) is 58.1 Å². The van der Waals surface area contributed by atoms with Gasteiger partial charge in [0.2, 0.25) is 0 Å². The quantitative estimate of drug-likeness (QED) is 0.605. The molecule has 0 saturated carbocycles. The zero-order valence-corrected chi connectivity index (χ0v) is 15.4. The van der Waals surface area contributed by atoms with Crippen LogP contribution >= 0.6 is 0 Å². The van der Waals surface area contributed by atoms with Gasteiger partial charge in [-0.3, -0.25) is 4.79 Å². The van der Waals surface area contributed by atoms with Gasteiger partial charge in [0.25, 0.3) is 0 Å². The van der Waals surface area contributed by atoms with E-state index in [1.54, 1.807) is 18.7 Å². The highest BCUT2D eigenvalue weighted by molar-refractivity contribution is 5.75. The second-order valence-corrected chi connectivity index (χ2v) is 7.00. The van der Waals surface area contributed by atoms with Crippen LogP contribution in [-0.2, 0) is 11.2 Å². The third-order valence-corrected chi connectivity index (χ3v) is 3.72. The molecule has 0 bridgehead atoms. The van der Waals surface area contributed by atoms with Crippen LogP contribution in [0.2, 0.25) is 0 Å². The van der Waals surface area contributed by atoms with Gasteiger partial charge in [0.05, 0.1) is 12.1 Å². The molecule has 0 aliphatic rings. The van der Waals surface area contributed by atoms with Gasteiger partial charge >= 0.3 is 12.0 Å². The van der Waals surface area contributed by atoms with E-state index in [9.17, 15) is 14.7 Å². The lowest BCUT2D eigenvalue weighted by molar-refractivity contribution is -0.137. The Morgan fingerprint density at radius 2 is 1.88 bits per heavy atom. The molecule has 1 rings (SSSR count). The molecule has 0 radical (unpaired) electrons. The summed E-state index contributed by atoms with van der Waals surface area (Å²) in [6, 6.07) is 9.14. The number of carboxylic acid groups (broad SMARTS) is 1. The molecule has 3 N–H and O–H groups in total. The number of hydrogen-bond acceptors (Lipinski definition) is 3. The first-order valence-corrected chi connectivity index (χ1v) is 8.75. The van der Waals surface area contributed by atoms with Crippen LogP contribution in [0.5, 0.6) is 0 Å². The van der Waals surface area contributed by atoms with E-state index in [1.165, 1.54) is 0 Å². The Kier molecular flexibility index (Phi) is 8.41. The second-order valence-electron chi connectivity index (χ2n) is 7.00. The monoisotopic (exact) mass is 350 g/mol. The summed E-state index contributed by atoms with van der Waals surface area (Å²) >= 11 is 0. The van der Waals surface area contributed by atoms with E-state index < -0.39 is 11.6 Å². The van der Waals surface area contributed by atoms with E-state index >= 15 is 0 Å². The Hall–Kier alpha value is -2.08. The number of urea groups is 1. The number of aliphatic carboxylic acids is 1. The minimum absolute atomic E-state index is 0.00293. The molecule has 25 heavy (non-hydrogen) atoms. The van der Waals surface area contributed by atoms with Crippen LogP contribution in [0.15, 0.2) is 30.3 Å². The Balaban J connectivity index is 2.78. The fourth-order valence-corrected chi connectivity index (χ4v) is 2.68. The van der Waals surface area contributed by atoms with E-state index in [-0.39, 0.29) is 25.0 Å². The van der Waals surface area contributed by atoms with E-state index in [4.69, 9.17) is 5.11 Å². The van der Waals surface area contributed by atoms with Crippen LogP contribution in [-0.4, -0.2) is 51.8 Å². The number of nitrogens with zero attached hydrogens (tertiary/aromatic N) is 1. The first-order chi connectivity index (χ1) is 11.7. The Morgan fingerprint density at radius 1 is 1.24 bits per heavy atom. The van der Waals surface area contributed by atoms with Crippen LogP contribution in [0.3, 0.4) is 0 Å². The molecule has 2 amide bonds. The smallest absolute Gasteiger partial charge is 0.317 e. The first-order valence-electron chi connectivity index (χ1n) is 8.75. The molecular weight excluding hydrogens is 320 g/mol. The van der Waals surface area contributed by atoms with Crippen molar-refractivity contribution in [1.29, 1.82) is 0 Å². The average molecular weight is 350 g/mol. The van der Waals surface area contributed by atoms with Gasteiger partial charge in [-0.15, -0.1) is 0 Å². The fraction of sp³-hybridized carbons (Fsp3) is 0.579. The number of carbonyl (C=O) groups excluding carboxylic acids is 1. The summed E-state index contributed by atoms with van der Waals surface area (Å²) in [5.41, 5.74) is 0.0606. The van der Waals surface area contributed by atoms with Crippen LogP contribution in [0.4, 0.5) is 4.79 Å². The summed E-state index contributed by atoms with van der Waals surface area (Å²) in [7, 11) is 0. The van der Waals surface area contributed by atoms with Crippen molar-refractivity contribution in [2.24, 2.45) is 0 Å². The summed E-state index contributed by atoms with van der Waals surface area (Å²) in [6.45, 7) is 6.05. The average Bonchev–Trinajstić information content (AvgIpc) is 2.52. The zero-order chi connectivity index (χ0) is 18.9. The van der Waals surface area contributed by atoms with E-state index in [0.717, 1.165) is 12.0 Å². The number of benzene rings is 1. The normalized spacial score (nSPS) is 12.5. The molecule has 0 spiro atoms. The highest BCUT2D eigenvalue weighted by Gasteiger charge is 2.24. The van der Waals surface area contributed by atoms with Crippen molar-refractivity contribution in [3.8, 4) is 0 Å². The SMILES string of the molecule is CCCN(CC(C)(C)O)C(=O)NC(CCC(=O)O)Cc1ccccc1. The van der Waals surface area contributed by atoms with Gasteiger partial charge in [-0.05, 0) is 38.7 Å². The van der Waals surface area contributed by atoms with Crippen molar-refractivity contribution >= 4 is 12.0 Å². The molecule has 0 fully saturated rings. The third-order valence-electron chi connectivity index (χ3n) is 3.72. The molecule has 0 aliphatic carbocycles. The number of rotatable bonds is 10. The topological polar surface area (TPSA) is 89.9 Å². The molecule has 6 nitrogen and oxygen atoms in total. The minimum Gasteiger partial charge on any atom is -0.481 e. The molecule has 0 saturated heterocycles. The molecule has 1 aromatic rings. The zero-order valence-electron chi connectivity index (χ0n) is 15.4. The van der Waals surface area contributed by atoms with Crippen LogP contribution in [0.1, 0.15) is 45.6 Å². The maximum absolute atomic E-state index is 12.6. The first kappa shape index (κ1) is 21.0. The lowest BCUT2D eigenvalue weighted by atomic mass is 10.0. The predicted molar refractivity (Wildman–Crippen MR) is 97.5 cm³/mol. The summed E-state index contributed by atoms with van der Waals surface area (Å²) in [6.07, 6.45) is 1.71. The molecule has 140 valence electrons. The van der Waals surface area contributed by atoms with Crippen molar-refractivity contribution in [3.05, 3.63) is 35.9 Å². The van der Waals surface area contributed by atoms with Crippen molar-refractivity contribution in [1.82, 2.24) is 10.2 Å². The van der Waals surface area contributed by atoms with Crippen LogP contribution < -0.4 is 5.32 Å². The number of aliphatic hydroxyl groups is 1. The summed E-state index contributed by atoms with van der Waals surface area (Å²) in [5, 5.41) is 21.9. The fourth-order valence-electron chi connectivity index (χ4n) is 2.68. The third kappa shape index (κ3) is 9.10. The molecule has 1 atom stereocenters. The van der Waals surface area contributed by atoms with Crippen molar-refractivity contribution in [2.75, 3.05) is 13.1 Å². The van der Waals surface area contributed by atoms with E-state index in [0.29, 0.717) is 19.4 Å². The number of nitrogens with one attached hydrogen (secondary N) is 1. The second kappa shape index (κ2) is 10.0. The number of amides is 2. The largest absolute Gasteiger partial charge is 0.481 e. The highest BCUT2D eigenvalue weighted by Crippen LogP contribution is 2.11. The highest BCUT2D eigenvalue weighted by atomic mass is 16.4. The molecule has 1 unspecified atom stereocenters. The van der Waals surface area contributed by atoms with Gasteiger partial charge in [-0.25, -0.2) is 4.79 Å². The summed E-state index contributed by atoms with van der Waals surface area (Å²) in [5.74, 6) is -0.880. The molecule has 1 aromatic carbocycles. The lowest BCUT2D eigenvalue weighted by Crippen LogP contribution is -2.50. The van der Waals surface area contributed by atoms with Gasteiger partial charge < -0.3 is 20.4 Å². The van der Waals surface area contributed by atoms with Crippen LogP contribution in [0, 0.1) is 0 Å². The Labute approximate surface area is 149 Å². The molecular formula is C19H30N2O4. The molecule has 0 heterocycles. The Bertz CT molecular complexity index is 540. The number of carboxylic acids is 1. The van der Waals surface area contributed by atoms with Gasteiger partial charge in [-0.2, -0.15) is 0 Å².